The molecule has 2 aliphatic rings. The van der Waals surface area contributed by atoms with Crippen LogP contribution in [0.1, 0.15) is 38.0 Å². The minimum atomic E-state index is -1.94. The normalized spacial score (nSPS) is 30.0. The average Bonchev–Trinajstić information content (AvgIpc) is 2.64. The smallest absolute Gasteiger partial charge is 0.192 e. The first-order chi connectivity index (χ1) is 13.1. The van der Waals surface area contributed by atoms with Crippen molar-refractivity contribution in [1.29, 1.82) is 0 Å². The fourth-order valence-corrected chi connectivity index (χ4v) is 4.13. The molecule has 0 amide bonds. The van der Waals surface area contributed by atoms with Crippen LogP contribution in [0.3, 0.4) is 0 Å². The maximum absolute atomic E-state index is 10.8. The standard InChI is InChI=1S/C22H32O5Si/c1-22(2,3)28(4,5)26-14-19-21(24)18(12-13-25-19)27-17-11-10-15-8-6-7-9-16(15)20(17)23/h6-13,17-21,23-24H,14H2,1-5H3/t17-,18?,19-,20-,21-/m1/s1. The molecule has 0 aromatic heterocycles. The predicted octanol–water partition coefficient (Wildman–Crippen LogP) is 3.80. The van der Waals surface area contributed by atoms with E-state index in [4.69, 9.17) is 13.9 Å². The van der Waals surface area contributed by atoms with Crippen LogP contribution in [0.15, 0.2) is 42.7 Å². The highest BCUT2D eigenvalue weighted by atomic mass is 28.4. The van der Waals surface area contributed by atoms with Gasteiger partial charge in [0, 0.05) is 0 Å². The first-order valence-corrected chi connectivity index (χ1v) is 12.8. The summed E-state index contributed by atoms with van der Waals surface area (Å²) in [5.41, 5.74) is 1.82. The third-order valence-electron chi connectivity index (χ3n) is 6.06. The molecular weight excluding hydrogens is 372 g/mol. The molecule has 5 atom stereocenters. The lowest BCUT2D eigenvalue weighted by atomic mass is 9.92. The van der Waals surface area contributed by atoms with Crippen molar-refractivity contribution < 1.29 is 24.1 Å². The minimum absolute atomic E-state index is 0.0861. The Kier molecular flexibility index (Phi) is 6.17. The van der Waals surface area contributed by atoms with Gasteiger partial charge in [0.15, 0.2) is 8.32 Å². The molecule has 28 heavy (non-hydrogen) atoms. The average molecular weight is 405 g/mol. The summed E-state index contributed by atoms with van der Waals surface area (Å²) in [5, 5.41) is 21.5. The summed E-state index contributed by atoms with van der Waals surface area (Å²) >= 11 is 0. The number of ether oxygens (including phenoxy) is 2. The molecule has 1 aromatic carbocycles. The highest BCUT2D eigenvalue weighted by Gasteiger charge is 2.40. The molecule has 0 saturated heterocycles. The molecule has 1 heterocycles. The summed E-state index contributed by atoms with van der Waals surface area (Å²) in [5.74, 6) is 0. The number of aliphatic hydroxyl groups is 2. The van der Waals surface area contributed by atoms with Gasteiger partial charge in [-0.15, -0.1) is 0 Å². The Morgan fingerprint density at radius 1 is 1.07 bits per heavy atom. The van der Waals surface area contributed by atoms with E-state index in [9.17, 15) is 10.2 Å². The van der Waals surface area contributed by atoms with Crippen LogP contribution < -0.4 is 0 Å². The van der Waals surface area contributed by atoms with Crippen LogP contribution >= 0.6 is 0 Å². The van der Waals surface area contributed by atoms with Crippen molar-refractivity contribution in [3.63, 3.8) is 0 Å². The molecule has 1 aromatic rings. The van der Waals surface area contributed by atoms with Crippen molar-refractivity contribution in [2.45, 2.75) is 69.4 Å². The van der Waals surface area contributed by atoms with Crippen LogP contribution in [-0.2, 0) is 13.9 Å². The first-order valence-electron chi connectivity index (χ1n) is 9.85. The van der Waals surface area contributed by atoms with Gasteiger partial charge in [-0.2, -0.15) is 0 Å². The van der Waals surface area contributed by atoms with E-state index in [1.54, 1.807) is 12.3 Å². The summed E-state index contributed by atoms with van der Waals surface area (Å²) in [7, 11) is -1.94. The van der Waals surface area contributed by atoms with E-state index in [0.29, 0.717) is 6.61 Å². The van der Waals surface area contributed by atoms with E-state index in [1.165, 1.54) is 0 Å². The van der Waals surface area contributed by atoms with Crippen molar-refractivity contribution in [1.82, 2.24) is 0 Å². The summed E-state index contributed by atoms with van der Waals surface area (Å²) in [4.78, 5) is 0. The van der Waals surface area contributed by atoms with E-state index in [-0.39, 0.29) is 5.04 Å². The molecule has 154 valence electrons. The summed E-state index contributed by atoms with van der Waals surface area (Å²) in [6.45, 7) is 11.2. The summed E-state index contributed by atoms with van der Waals surface area (Å²) in [6.07, 6.45) is 3.79. The molecule has 5 nitrogen and oxygen atoms in total. The molecule has 3 rings (SSSR count). The van der Waals surface area contributed by atoms with Crippen LogP contribution in [0, 0.1) is 0 Å². The lowest BCUT2D eigenvalue weighted by molar-refractivity contribution is -0.130. The fourth-order valence-electron chi connectivity index (χ4n) is 3.11. The van der Waals surface area contributed by atoms with Crippen LogP contribution in [0.5, 0.6) is 0 Å². The Bertz CT molecular complexity index is 737. The molecule has 1 aliphatic carbocycles. The van der Waals surface area contributed by atoms with Crippen molar-refractivity contribution in [2.24, 2.45) is 0 Å². The van der Waals surface area contributed by atoms with Gasteiger partial charge in [-0.1, -0.05) is 57.2 Å². The minimum Gasteiger partial charge on any atom is -0.493 e. The Labute approximate surface area is 168 Å². The Morgan fingerprint density at radius 3 is 2.50 bits per heavy atom. The third-order valence-corrected chi connectivity index (χ3v) is 10.6. The van der Waals surface area contributed by atoms with Gasteiger partial charge in [-0.25, -0.2) is 0 Å². The van der Waals surface area contributed by atoms with Crippen molar-refractivity contribution >= 4 is 14.4 Å². The molecule has 0 bridgehead atoms. The number of hydrogen-bond donors (Lipinski definition) is 2. The predicted molar refractivity (Wildman–Crippen MR) is 112 cm³/mol. The maximum Gasteiger partial charge on any atom is 0.192 e. The Balaban J connectivity index is 1.63. The molecule has 0 radical (unpaired) electrons. The van der Waals surface area contributed by atoms with Gasteiger partial charge in [-0.3, -0.25) is 0 Å². The molecule has 2 N–H and O–H groups in total. The topological polar surface area (TPSA) is 68.2 Å². The number of fused-ring (bicyclic) bond motifs is 1. The lowest BCUT2D eigenvalue weighted by Crippen LogP contribution is -2.49. The first kappa shape index (κ1) is 21.3. The highest BCUT2D eigenvalue weighted by Crippen LogP contribution is 2.37. The van der Waals surface area contributed by atoms with Gasteiger partial charge in [-0.05, 0) is 35.3 Å². The van der Waals surface area contributed by atoms with Crippen molar-refractivity contribution in [3.05, 3.63) is 53.8 Å². The van der Waals surface area contributed by atoms with E-state index >= 15 is 0 Å². The number of benzene rings is 1. The summed E-state index contributed by atoms with van der Waals surface area (Å²) in [6, 6.07) is 7.69. The molecule has 0 fully saturated rings. The number of rotatable bonds is 5. The van der Waals surface area contributed by atoms with E-state index < -0.39 is 38.8 Å². The van der Waals surface area contributed by atoms with E-state index in [1.807, 2.05) is 36.4 Å². The van der Waals surface area contributed by atoms with Crippen molar-refractivity contribution in [2.75, 3.05) is 6.61 Å². The van der Waals surface area contributed by atoms with Crippen molar-refractivity contribution in [3.8, 4) is 0 Å². The molecular formula is C22H32O5Si. The third kappa shape index (κ3) is 4.42. The van der Waals surface area contributed by atoms with E-state index in [0.717, 1.165) is 11.1 Å². The SMILES string of the molecule is CC(C)(C)[Si](C)(C)OC[C@H]1OC=CC(O[C@@H]2C=Cc3ccccc3[C@H]2O)[C@H]1O. The maximum atomic E-state index is 10.8. The van der Waals surface area contributed by atoms with Gasteiger partial charge >= 0.3 is 0 Å². The molecule has 1 aliphatic heterocycles. The van der Waals surface area contributed by atoms with Gasteiger partial charge in [0.1, 0.15) is 30.5 Å². The largest absolute Gasteiger partial charge is 0.493 e. The molecule has 0 saturated carbocycles. The lowest BCUT2D eigenvalue weighted by Gasteiger charge is -2.39. The second-order valence-electron chi connectivity index (χ2n) is 9.06. The van der Waals surface area contributed by atoms with Gasteiger partial charge < -0.3 is 24.1 Å². The van der Waals surface area contributed by atoms with Crippen LogP contribution in [0.25, 0.3) is 6.08 Å². The second-order valence-corrected chi connectivity index (χ2v) is 13.9. The zero-order valence-corrected chi connectivity index (χ0v) is 18.3. The summed E-state index contributed by atoms with van der Waals surface area (Å²) < 4.78 is 17.9. The van der Waals surface area contributed by atoms with Gasteiger partial charge in [0.05, 0.1) is 12.9 Å². The highest BCUT2D eigenvalue weighted by molar-refractivity contribution is 6.74. The quantitative estimate of drug-likeness (QED) is 0.731. The van der Waals surface area contributed by atoms with Crippen LogP contribution in [0.2, 0.25) is 18.1 Å². The van der Waals surface area contributed by atoms with Crippen LogP contribution in [0.4, 0.5) is 0 Å². The molecule has 0 spiro atoms. The zero-order valence-electron chi connectivity index (χ0n) is 17.3. The Morgan fingerprint density at radius 2 is 1.79 bits per heavy atom. The van der Waals surface area contributed by atoms with E-state index in [2.05, 4.69) is 33.9 Å². The number of aliphatic hydroxyl groups excluding tert-OH is 2. The molecule has 1 unspecified atom stereocenters. The molecule has 6 heteroatoms. The number of hydrogen-bond acceptors (Lipinski definition) is 5. The van der Waals surface area contributed by atoms with Crippen LogP contribution in [-0.4, -0.2) is 49.6 Å². The van der Waals surface area contributed by atoms with Gasteiger partial charge in [0.25, 0.3) is 0 Å². The fraction of sp³-hybridized carbons (Fsp3) is 0.545. The second kappa shape index (κ2) is 8.12. The monoisotopic (exact) mass is 404 g/mol. The zero-order chi connectivity index (χ0) is 20.5. The van der Waals surface area contributed by atoms with Gasteiger partial charge in [0.2, 0.25) is 0 Å². The Hall–Kier alpha value is -1.44.